The maximum Gasteiger partial charge on any atom is 0.151 e. The molecule has 0 aliphatic heterocycles. The monoisotopic (exact) mass is 222 g/mol. The molecule has 0 N–H and O–H groups in total. The van der Waals surface area contributed by atoms with Crippen molar-refractivity contribution in [3.63, 3.8) is 0 Å². The van der Waals surface area contributed by atoms with Gasteiger partial charge in [-0.05, 0) is 18.4 Å². The lowest BCUT2D eigenvalue weighted by atomic mass is 10.1. The van der Waals surface area contributed by atoms with Crippen LogP contribution in [0.2, 0.25) is 0 Å². The number of hydrogen-bond acceptors (Lipinski definition) is 1. The van der Waals surface area contributed by atoms with Crippen LogP contribution in [-0.4, -0.2) is 5.33 Å². The third-order valence-corrected chi connectivity index (χ3v) is 3.45. The highest BCUT2D eigenvalue weighted by molar-refractivity contribution is 9.09. The number of alkyl halides is 2. The van der Waals surface area contributed by atoms with Gasteiger partial charge in [0, 0.05) is 10.2 Å². The number of hydrogen-bond donors (Lipinski definition) is 0. The van der Waals surface area contributed by atoms with E-state index in [2.05, 4.69) is 15.9 Å². The van der Waals surface area contributed by atoms with Crippen LogP contribution in [0, 0.1) is 0 Å². The van der Waals surface area contributed by atoms with Gasteiger partial charge in [-0.25, -0.2) is 4.39 Å². The van der Waals surface area contributed by atoms with E-state index in [1.54, 1.807) is 6.92 Å². The van der Waals surface area contributed by atoms with Crippen LogP contribution in [0.3, 0.4) is 0 Å². The largest absolute Gasteiger partial charge is 0.237 e. The molecule has 1 atom stereocenters. The molecular weight excluding hydrogens is 215 g/mol. The molecule has 0 saturated heterocycles. The van der Waals surface area contributed by atoms with Gasteiger partial charge in [-0.3, -0.25) is 0 Å². The second-order valence-electron chi connectivity index (χ2n) is 2.31. The lowest BCUT2D eigenvalue weighted by Crippen LogP contribution is -2.14. The Balaban J connectivity index is 2.85. The molecule has 0 spiro atoms. The zero-order valence-electron chi connectivity index (χ0n) is 5.60. The lowest BCUT2D eigenvalue weighted by molar-refractivity contribution is 0.236. The molecule has 1 aromatic heterocycles. The Labute approximate surface area is 72.2 Å². The molecule has 0 saturated carbocycles. The Morgan fingerprint density at radius 1 is 1.80 bits per heavy atom. The Hall–Kier alpha value is 0.110. The summed E-state index contributed by atoms with van der Waals surface area (Å²) in [5, 5.41) is 2.25. The normalized spacial score (nSPS) is 16.7. The zero-order valence-corrected chi connectivity index (χ0v) is 8.01. The molecule has 0 bridgehead atoms. The molecule has 1 aromatic rings. The smallest absolute Gasteiger partial charge is 0.151 e. The summed E-state index contributed by atoms with van der Waals surface area (Å²) in [7, 11) is 0. The summed E-state index contributed by atoms with van der Waals surface area (Å²) in [6, 6.07) is 3.67. The van der Waals surface area contributed by atoms with Gasteiger partial charge in [-0.15, -0.1) is 11.3 Å². The lowest BCUT2D eigenvalue weighted by Gasteiger charge is -2.13. The average Bonchev–Trinajstić information content (AvgIpc) is 2.38. The quantitative estimate of drug-likeness (QED) is 0.674. The third-order valence-electron chi connectivity index (χ3n) is 1.29. The number of rotatable bonds is 2. The van der Waals surface area contributed by atoms with E-state index in [1.807, 2.05) is 17.5 Å². The van der Waals surface area contributed by atoms with Crippen LogP contribution in [0.5, 0.6) is 0 Å². The molecule has 0 radical (unpaired) electrons. The van der Waals surface area contributed by atoms with Crippen molar-refractivity contribution in [2.24, 2.45) is 0 Å². The van der Waals surface area contributed by atoms with Gasteiger partial charge < -0.3 is 0 Å². The molecule has 0 unspecified atom stereocenters. The Morgan fingerprint density at radius 2 is 2.50 bits per heavy atom. The van der Waals surface area contributed by atoms with Gasteiger partial charge in [0.15, 0.2) is 5.67 Å². The van der Waals surface area contributed by atoms with Crippen LogP contribution in [0.15, 0.2) is 17.5 Å². The van der Waals surface area contributed by atoms with E-state index in [1.165, 1.54) is 11.3 Å². The van der Waals surface area contributed by atoms with E-state index < -0.39 is 5.67 Å². The first kappa shape index (κ1) is 8.21. The predicted octanol–water partition coefficient (Wildman–Crippen LogP) is 3.33. The number of thiophene rings is 1. The molecule has 1 rings (SSSR count). The fourth-order valence-electron chi connectivity index (χ4n) is 0.641. The van der Waals surface area contributed by atoms with Crippen molar-refractivity contribution in [3.8, 4) is 0 Å². The minimum atomic E-state index is -1.20. The molecule has 0 amide bonds. The van der Waals surface area contributed by atoms with Crippen molar-refractivity contribution < 1.29 is 4.39 Å². The highest BCUT2D eigenvalue weighted by Gasteiger charge is 2.24. The molecule has 0 aromatic carbocycles. The first-order valence-electron chi connectivity index (χ1n) is 2.95. The van der Waals surface area contributed by atoms with Crippen molar-refractivity contribution in [3.05, 3.63) is 22.4 Å². The summed E-state index contributed by atoms with van der Waals surface area (Å²) < 4.78 is 13.3. The second kappa shape index (κ2) is 3.01. The van der Waals surface area contributed by atoms with Gasteiger partial charge in [0.05, 0.1) is 0 Å². The van der Waals surface area contributed by atoms with Gasteiger partial charge in [0.2, 0.25) is 0 Å². The van der Waals surface area contributed by atoms with Crippen molar-refractivity contribution >= 4 is 27.3 Å². The fourth-order valence-corrected chi connectivity index (χ4v) is 1.91. The van der Waals surface area contributed by atoms with E-state index in [0.717, 1.165) is 4.88 Å². The third kappa shape index (κ3) is 1.58. The summed E-state index contributed by atoms with van der Waals surface area (Å²) in [6.45, 7) is 1.58. The van der Waals surface area contributed by atoms with Gasteiger partial charge in [0.25, 0.3) is 0 Å². The Kier molecular flexibility index (Phi) is 2.47. The van der Waals surface area contributed by atoms with Gasteiger partial charge in [-0.1, -0.05) is 22.0 Å². The zero-order chi connectivity index (χ0) is 7.61. The summed E-state index contributed by atoms with van der Waals surface area (Å²) in [5.41, 5.74) is -1.20. The molecule has 0 fully saturated rings. The summed E-state index contributed by atoms with van der Waals surface area (Å²) in [4.78, 5) is 0.782. The van der Waals surface area contributed by atoms with Crippen molar-refractivity contribution in [1.29, 1.82) is 0 Å². The molecule has 0 nitrogen and oxygen atoms in total. The van der Waals surface area contributed by atoms with Crippen molar-refractivity contribution in [1.82, 2.24) is 0 Å². The standard InChI is InChI=1S/C7H8BrFS/c1-7(9,5-8)6-3-2-4-10-6/h2-4H,5H2,1H3/t7-/m1/s1. The molecule has 3 heteroatoms. The van der Waals surface area contributed by atoms with E-state index >= 15 is 0 Å². The van der Waals surface area contributed by atoms with Crippen LogP contribution in [0.4, 0.5) is 4.39 Å². The molecule has 0 aliphatic carbocycles. The highest BCUT2D eigenvalue weighted by atomic mass is 79.9. The summed E-state index contributed by atoms with van der Waals surface area (Å²) >= 11 is 4.57. The first-order valence-corrected chi connectivity index (χ1v) is 4.96. The molecular formula is C7H8BrFS. The van der Waals surface area contributed by atoms with Crippen molar-refractivity contribution in [2.75, 3.05) is 5.33 Å². The molecule has 1 heterocycles. The molecule has 0 aliphatic rings. The topological polar surface area (TPSA) is 0 Å². The van der Waals surface area contributed by atoms with Crippen LogP contribution >= 0.6 is 27.3 Å². The van der Waals surface area contributed by atoms with Gasteiger partial charge in [0.1, 0.15) is 0 Å². The van der Waals surface area contributed by atoms with E-state index in [4.69, 9.17) is 0 Å². The average molecular weight is 223 g/mol. The van der Waals surface area contributed by atoms with E-state index in [9.17, 15) is 4.39 Å². The Morgan fingerprint density at radius 3 is 2.90 bits per heavy atom. The van der Waals surface area contributed by atoms with Crippen LogP contribution in [-0.2, 0) is 5.67 Å². The predicted molar refractivity (Wildman–Crippen MR) is 46.6 cm³/mol. The SMILES string of the molecule is C[C@@](F)(CBr)c1cccs1. The second-order valence-corrected chi connectivity index (χ2v) is 3.82. The minimum absolute atomic E-state index is 0.362. The molecule has 10 heavy (non-hydrogen) atoms. The Bertz CT molecular complexity index is 193. The summed E-state index contributed by atoms with van der Waals surface area (Å²) in [6.07, 6.45) is 0. The summed E-state index contributed by atoms with van der Waals surface area (Å²) in [5.74, 6) is 0. The maximum absolute atomic E-state index is 13.3. The minimum Gasteiger partial charge on any atom is -0.237 e. The fraction of sp³-hybridized carbons (Fsp3) is 0.429. The van der Waals surface area contributed by atoms with E-state index in [0.29, 0.717) is 5.33 Å². The van der Waals surface area contributed by atoms with Crippen LogP contribution in [0.25, 0.3) is 0 Å². The van der Waals surface area contributed by atoms with Crippen molar-refractivity contribution in [2.45, 2.75) is 12.6 Å². The van der Waals surface area contributed by atoms with Gasteiger partial charge >= 0.3 is 0 Å². The number of halogens is 2. The van der Waals surface area contributed by atoms with Crippen LogP contribution < -0.4 is 0 Å². The van der Waals surface area contributed by atoms with Crippen LogP contribution in [0.1, 0.15) is 11.8 Å². The van der Waals surface area contributed by atoms with E-state index in [-0.39, 0.29) is 0 Å². The highest BCUT2D eigenvalue weighted by Crippen LogP contribution is 2.30. The maximum atomic E-state index is 13.3. The molecule has 56 valence electrons. The van der Waals surface area contributed by atoms with Gasteiger partial charge in [-0.2, -0.15) is 0 Å². The first-order chi connectivity index (χ1) is 4.67.